The van der Waals surface area contributed by atoms with Gasteiger partial charge in [0, 0.05) is 43.5 Å². The Kier molecular flexibility index (Phi) is 4.78. The van der Waals surface area contributed by atoms with Gasteiger partial charge in [0.15, 0.2) is 11.5 Å². The second-order valence-electron chi connectivity index (χ2n) is 8.32. The van der Waals surface area contributed by atoms with E-state index >= 15 is 0 Å². The standard InChI is InChI=1S/C21H27N3O4S/c1-15-12-22-21(17-3-2-4-17)24(15)14-16-7-8-23(13-16)29(25,26)18-5-6-19-20(11-18)28-10-9-27-19/h5-6,11-12,16-17H,2-4,7-10,13-14H2,1H3. The zero-order chi connectivity index (χ0) is 20.0. The smallest absolute Gasteiger partial charge is 0.243 e. The van der Waals surface area contributed by atoms with Crippen LogP contribution >= 0.6 is 0 Å². The van der Waals surface area contributed by atoms with Crippen molar-refractivity contribution < 1.29 is 17.9 Å². The molecule has 2 aliphatic heterocycles. The van der Waals surface area contributed by atoms with Crippen molar-refractivity contribution in [1.82, 2.24) is 13.9 Å². The molecule has 3 heterocycles. The number of benzene rings is 1. The van der Waals surface area contributed by atoms with Crippen LogP contribution in [0, 0.1) is 12.8 Å². The van der Waals surface area contributed by atoms with Gasteiger partial charge in [-0.1, -0.05) is 6.42 Å². The molecule has 0 amide bonds. The Morgan fingerprint density at radius 1 is 1.14 bits per heavy atom. The monoisotopic (exact) mass is 417 g/mol. The van der Waals surface area contributed by atoms with Crippen molar-refractivity contribution in [3.05, 3.63) is 35.9 Å². The number of rotatable bonds is 5. The van der Waals surface area contributed by atoms with Gasteiger partial charge in [0.2, 0.25) is 10.0 Å². The number of fused-ring (bicyclic) bond motifs is 1. The number of aryl methyl sites for hydroxylation is 1. The Morgan fingerprint density at radius 2 is 1.93 bits per heavy atom. The first-order chi connectivity index (χ1) is 14.0. The maximum Gasteiger partial charge on any atom is 0.243 e. The van der Waals surface area contributed by atoms with Gasteiger partial charge in [0.25, 0.3) is 0 Å². The van der Waals surface area contributed by atoms with Gasteiger partial charge in [-0.25, -0.2) is 13.4 Å². The van der Waals surface area contributed by atoms with E-state index in [4.69, 9.17) is 9.47 Å². The number of aromatic nitrogens is 2. The van der Waals surface area contributed by atoms with Crippen molar-refractivity contribution >= 4 is 10.0 Å². The molecule has 2 fully saturated rings. The van der Waals surface area contributed by atoms with Crippen molar-refractivity contribution in [2.45, 2.75) is 50.0 Å². The van der Waals surface area contributed by atoms with Gasteiger partial charge in [0.05, 0.1) is 4.90 Å². The minimum Gasteiger partial charge on any atom is -0.486 e. The van der Waals surface area contributed by atoms with E-state index in [1.165, 1.54) is 30.8 Å². The largest absolute Gasteiger partial charge is 0.486 e. The summed E-state index contributed by atoms with van der Waals surface area (Å²) in [5.74, 6) is 3.17. The fourth-order valence-corrected chi connectivity index (χ4v) is 6.01. The van der Waals surface area contributed by atoms with Gasteiger partial charge in [-0.05, 0) is 44.2 Å². The van der Waals surface area contributed by atoms with Crippen LogP contribution < -0.4 is 9.47 Å². The highest BCUT2D eigenvalue weighted by Gasteiger charge is 2.34. The summed E-state index contributed by atoms with van der Waals surface area (Å²) in [6.07, 6.45) is 6.52. The van der Waals surface area contributed by atoms with Gasteiger partial charge >= 0.3 is 0 Å². The molecule has 1 aromatic heterocycles. The van der Waals surface area contributed by atoms with E-state index in [0.717, 1.165) is 13.0 Å². The highest BCUT2D eigenvalue weighted by molar-refractivity contribution is 7.89. The Balaban J connectivity index is 1.31. The number of ether oxygens (including phenoxy) is 2. The van der Waals surface area contributed by atoms with Crippen molar-refractivity contribution in [2.24, 2.45) is 5.92 Å². The second kappa shape index (κ2) is 7.32. The van der Waals surface area contributed by atoms with Crippen LogP contribution in [0.1, 0.15) is 43.1 Å². The van der Waals surface area contributed by atoms with E-state index in [-0.39, 0.29) is 4.90 Å². The first kappa shape index (κ1) is 18.9. The molecule has 29 heavy (non-hydrogen) atoms. The maximum atomic E-state index is 13.2. The Labute approximate surface area is 171 Å². The lowest BCUT2D eigenvalue weighted by Gasteiger charge is -2.27. The first-order valence-corrected chi connectivity index (χ1v) is 11.9. The van der Waals surface area contributed by atoms with Crippen LogP contribution in [0.3, 0.4) is 0 Å². The van der Waals surface area contributed by atoms with Crippen molar-refractivity contribution in [2.75, 3.05) is 26.3 Å². The van der Waals surface area contributed by atoms with Gasteiger partial charge in [-0.3, -0.25) is 0 Å². The number of hydrogen-bond acceptors (Lipinski definition) is 5. The third-order valence-corrected chi connectivity index (χ3v) is 8.26. The molecule has 1 aliphatic carbocycles. The van der Waals surface area contributed by atoms with Gasteiger partial charge in [-0.2, -0.15) is 4.31 Å². The summed E-state index contributed by atoms with van der Waals surface area (Å²) in [7, 11) is -3.54. The lowest BCUT2D eigenvalue weighted by molar-refractivity contribution is 0.171. The zero-order valence-corrected chi connectivity index (χ0v) is 17.5. The molecule has 3 aliphatic rings. The van der Waals surface area contributed by atoms with Gasteiger partial charge < -0.3 is 14.0 Å². The molecule has 0 N–H and O–H groups in total. The third-order valence-electron chi connectivity index (χ3n) is 6.40. The molecule has 0 radical (unpaired) electrons. The van der Waals surface area contributed by atoms with Crippen LogP contribution in [0.25, 0.3) is 0 Å². The molecule has 0 spiro atoms. The lowest BCUT2D eigenvalue weighted by Crippen LogP contribution is -2.30. The highest BCUT2D eigenvalue weighted by atomic mass is 32.2. The van der Waals surface area contributed by atoms with Crippen LogP contribution in [-0.2, 0) is 16.6 Å². The molecule has 1 atom stereocenters. The zero-order valence-electron chi connectivity index (χ0n) is 16.7. The number of imidazole rings is 1. The van der Waals surface area contributed by atoms with Crippen LogP contribution in [0.15, 0.2) is 29.3 Å². The SMILES string of the molecule is Cc1cnc(C2CCC2)n1CC1CCN(S(=O)(=O)c2ccc3c(c2)OCCO3)C1. The molecule has 0 bridgehead atoms. The normalized spacial score (nSPS) is 22.6. The highest BCUT2D eigenvalue weighted by Crippen LogP contribution is 2.37. The molecular formula is C21H27N3O4S. The number of sulfonamides is 1. The van der Waals surface area contributed by atoms with Crippen LogP contribution in [0.5, 0.6) is 11.5 Å². The Morgan fingerprint density at radius 3 is 2.69 bits per heavy atom. The predicted molar refractivity (Wildman–Crippen MR) is 108 cm³/mol. The summed E-state index contributed by atoms with van der Waals surface area (Å²) in [6, 6.07) is 4.89. The summed E-state index contributed by atoms with van der Waals surface area (Å²) >= 11 is 0. The number of hydrogen-bond donors (Lipinski definition) is 0. The molecular weight excluding hydrogens is 390 g/mol. The summed E-state index contributed by atoms with van der Waals surface area (Å²) in [4.78, 5) is 4.92. The van der Waals surface area contributed by atoms with E-state index in [1.54, 1.807) is 22.5 Å². The fraction of sp³-hybridized carbons (Fsp3) is 0.571. The molecule has 1 aromatic carbocycles. The van der Waals surface area contributed by atoms with E-state index in [2.05, 4.69) is 16.5 Å². The van der Waals surface area contributed by atoms with Crippen molar-refractivity contribution in [3.63, 3.8) is 0 Å². The fourth-order valence-electron chi connectivity index (χ4n) is 4.47. The lowest BCUT2D eigenvalue weighted by atomic mass is 9.84. The molecule has 5 rings (SSSR count). The van der Waals surface area contributed by atoms with E-state index in [1.807, 2.05) is 6.20 Å². The van der Waals surface area contributed by atoms with Crippen molar-refractivity contribution in [3.8, 4) is 11.5 Å². The Bertz CT molecular complexity index is 1010. The van der Waals surface area contributed by atoms with Crippen LogP contribution in [-0.4, -0.2) is 48.6 Å². The molecule has 2 aromatic rings. The van der Waals surface area contributed by atoms with Crippen molar-refractivity contribution in [1.29, 1.82) is 0 Å². The third kappa shape index (κ3) is 3.42. The van der Waals surface area contributed by atoms with Crippen LogP contribution in [0.4, 0.5) is 0 Å². The number of nitrogens with zero attached hydrogens (tertiary/aromatic N) is 3. The van der Waals surface area contributed by atoms with Gasteiger partial charge in [-0.15, -0.1) is 0 Å². The minimum atomic E-state index is -3.54. The molecule has 156 valence electrons. The summed E-state index contributed by atoms with van der Waals surface area (Å²) in [6.45, 7) is 4.95. The average molecular weight is 418 g/mol. The summed E-state index contributed by atoms with van der Waals surface area (Å²) in [5.41, 5.74) is 1.17. The average Bonchev–Trinajstić information content (AvgIpc) is 3.29. The summed E-state index contributed by atoms with van der Waals surface area (Å²) < 4.78 is 41.3. The topological polar surface area (TPSA) is 73.7 Å². The molecule has 1 saturated heterocycles. The van der Waals surface area contributed by atoms with E-state index in [9.17, 15) is 8.42 Å². The molecule has 7 nitrogen and oxygen atoms in total. The predicted octanol–water partition coefficient (Wildman–Crippen LogP) is 2.94. The second-order valence-corrected chi connectivity index (χ2v) is 10.3. The molecule has 1 saturated carbocycles. The minimum absolute atomic E-state index is 0.274. The van der Waals surface area contributed by atoms with E-state index < -0.39 is 10.0 Å². The van der Waals surface area contributed by atoms with Crippen LogP contribution in [0.2, 0.25) is 0 Å². The van der Waals surface area contributed by atoms with Gasteiger partial charge in [0.1, 0.15) is 19.0 Å². The van der Waals surface area contributed by atoms with E-state index in [0.29, 0.717) is 49.6 Å². The maximum absolute atomic E-state index is 13.2. The molecule has 8 heteroatoms. The molecule has 1 unspecified atom stereocenters. The quantitative estimate of drug-likeness (QED) is 0.748. The first-order valence-electron chi connectivity index (χ1n) is 10.4. The summed E-state index contributed by atoms with van der Waals surface area (Å²) in [5, 5.41) is 0. The Hall–Kier alpha value is -2.06.